The van der Waals surface area contributed by atoms with Crippen LogP contribution in [0.2, 0.25) is 0 Å². The maximum absolute atomic E-state index is 14.1. The van der Waals surface area contributed by atoms with E-state index in [2.05, 4.69) is 13.8 Å². The van der Waals surface area contributed by atoms with Crippen molar-refractivity contribution in [2.24, 2.45) is 29.1 Å². The molecule has 0 radical (unpaired) electrons. The van der Waals surface area contributed by atoms with Crippen molar-refractivity contribution >= 4 is 33.3 Å². The molecule has 3 aromatic carbocycles. The van der Waals surface area contributed by atoms with E-state index in [4.69, 9.17) is 23.7 Å². The second kappa shape index (κ2) is 19.9. The van der Waals surface area contributed by atoms with Crippen LogP contribution in [0.3, 0.4) is 0 Å². The lowest BCUT2D eigenvalue weighted by molar-refractivity contribution is -0.160. The van der Waals surface area contributed by atoms with Crippen LogP contribution in [-0.4, -0.2) is 86.3 Å². The third-order valence-corrected chi connectivity index (χ3v) is 16.9. The van der Waals surface area contributed by atoms with Crippen molar-refractivity contribution in [1.82, 2.24) is 4.31 Å². The van der Waals surface area contributed by atoms with Gasteiger partial charge in [0.1, 0.15) is 24.2 Å². The lowest BCUT2D eigenvalue weighted by Crippen LogP contribution is -2.43. The molecule has 4 aliphatic rings. The molecule has 0 spiro atoms. The molecule has 1 aromatic heterocycles. The average molecular weight is 930 g/mol. The Hall–Kier alpha value is -4.31. The molecule has 3 heterocycles. The Morgan fingerprint density at radius 3 is 2.43 bits per heavy atom. The van der Waals surface area contributed by atoms with Gasteiger partial charge in [-0.05, 0) is 121 Å². The average Bonchev–Trinajstić information content (AvgIpc) is 3.99. The molecular formula is C51H63NO11S2. The Labute approximate surface area is 387 Å². The Balaban J connectivity index is 0.999. The van der Waals surface area contributed by atoms with Crippen LogP contribution in [0.5, 0.6) is 11.5 Å². The molecule has 12 nitrogen and oxygen atoms in total. The van der Waals surface area contributed by atoms with Crippen LogP contribution in [0.15, 0.2) is 77.7 Å². The molecule has 14 heteroatoms. The summed E-state index contributed by atoms with van der Waals surface area (Å²) in [5, 5.41) is 22.5. The number of methoxy groups -OCH3 is 1. The van der Waals surface area contributed by atoms with Crippen molar-refractivity contribution in [3.63, 3.8) is 0 Å². The predicted octanol–water partition coefficient (Wildman–Crippen LogP) is 8.95. The smallest absolute Gasteiger partial charge is 0.337 e. The second-order valence-electron chi connectivity index (χ2n) is 19.5. The highest BCUT2D eigenvalue weighted by Gasteiger charge is 2.53. The molecule has 0 bridgehead atoms. The van der Waals surface area contributed by atoms with Gasteiger partial charge in [0.15, 0.2) is 6.29 Å². The second-order valence-corrected chi connectivity index (χ2v) is 22.5. The molecule has 7 atom stereocenters. The zero-order chi connectivity index (χ0) is 46.0. The number of thiophene rings is 1. The third kappa shape index (κ3) is 10.6. The highest BCUT2D eigenvalue weighted by atomic mass is 32.2. The summed E-state index contributed by atoms with van der Waals surface area (Å²) in [6.07, 6.45) is 4.32. The fraction of sp³-hybridized carbons (Fsp3) is 0.529. The summed E-state index contributed by atoms with van der Waals surface area (Å²) in [6.45, 7) is 9.02. The van der Waals surface area contributed by atoms with E-state index in [-0.39, 0.29) is 79.1 Å². The highest BCUT2D eigenvalue weighted by Crippen LogP contribution is 2.48. The molecule has 0 amide bonds. The van der Waals surface area contributed by atoms with E-state index in [1.165, 1.54) is 23.5 Å². The lowest BCUT2D eigenvalue weighted by atomic mass is 9.76. The molecule has 3 fully saturated rings. The molecule has 8 rings (SSSR count). The van der Waals surface area contributed by atoms with Crippen molar-refractivity contribution in [2.45, 2.75) is 122 Å². The summed E-state index contributed by atoms with van der Waals surface area (Å²) in [4.78, 5) is 28.7. The molecule has 65 heavy (non-hydrogen) atoms. The zero-order valence-corrected chi connectivity index (χ0v) is 39.7. The predicted molar refractivity (Wildman–Crippen MR) is 248 cm³/mol. The first-order chi connectivity index (χ1) is 31.1. The number of carbonyl (C=O) groups excluding carboxylic acids is 1. The first-order valence-electron chi connectivity index (χ1n) is 23.1. The van der Waals surface area contributed by atoms with E-state index in [0.717, 1.165) is 77.0 Å². The van der Waals surface area contributed by atoms with E-state index in [1.54, 1.807) is 23.5 Å². The van der Waals surface area contributed by atoms with Gasteiger partial charge in [-0.15, -0.1) is 11.3 Å². The summed E-state index contributed by atoms with van der Waals surface area (Å²) in [5.74, 6) is -0.716. The lowest BCUT2D eigenvalue weighted by Gasteiger charge is -2.35. The molecule has 2 N–H and O–H groups in total. The summed E-state index contributed by atoms with van der Waals surface area (Å²) in [7, 11) is -2.51. The number of carboxylic acid groups (broad SMARTS) is 1. The van der Waals surface area contributed by atoms with Crippen LogP contribution in [0.1, 0.15) is 98.1 Å². The minimum Gasteiger partial charge on any atom is -0.497 e. The van der Waals surface area contributed by atoms with Gasteiger partial charge in [0.25, 0.3) is 0 Å². The number of aliphatic hydroxyl groups excluding tert-OH is 1. The number of carbonyl (C=O) groups is 2. The Morgan fingerprint density at radius 1 is 0.969 bits per heavy atom. The summed E-state index contributed by atoms with van der Waals surface area (Å²) < 4.78 is 59.4. The van der Waals surface area contributed by atoms with Crippen molar-refractivity contribution in [2.75, 3.05) is 26.8 Å². The molecule has 0 unspecified atom stereocenters. The van der Waals surface area contributed by atoms with E-state index in [9.17, 15) is 28.2 Å². The number of benzene rings is 3. The van der Waals surface area contributed by atoms with Crippen LogP contribution >= 0.6 is 11.3 Å². The monoisotopic (exact) mass is 929 g/mol. The van der Waals surface area contributed by atoms with Gasteiger partial charge < -0.3 is 33.9 Å². The van der Waals surface area contributed by atoms with Crippen LogP contribution in [-0.2, 0) is 54.9 Å². The molecule has 4 aromatic rings. The number of hydrogen-bond donors (Lipinski definition) is 2. The standard InChI is InChI=1S/C51H63NO11S2/c1-31(2)28-52(65(57,58)37-19-17-35(59-5)18-20-37)29-41(53)34(26-45(54)62-42-11-8-12-43-46(42)39-22-24-60-50(39)63-43)25-32-13-15-36(16-14-32)61-30-33-9-6-7-10-38(33)48-47(49(55)56)40-27-51(3,4)23-21-44(40)64-48/h6-7,9-10,13-20,31,34,39,41-43,46,50,53H,8,11-12,21-30H2,1-5H3,(H,55,56)/t34-,39-,41-,42+,43-,46+,50+/m1/s1. The fourth-order valence-corrected chi connectivity index (χ4v) is 13.3. The first kappa shape index (κ1) is 47.2. The van der Waals surface area contributed by atoms with Gasteiger partial charge in [-0.3, -0.25) is 4.79 Å². The normalized spacial score (nSPS) is 23.4. The number of carboxylic acids is 1. The number of fused-ring (bicyclic) bond motifs is 4. The maximum Gasteiger partial charge on any atom is 0.337 e. The molecule has 1 saturated carbocycles. The van der Waals surface area contributed by atoms with Gasteiger partial charge in [-0.25, -0.2) is 13.2 Å². The summed E-state index contributed by atoms with van der Waals surface area (Å²) in [5.41, 5.74) is 3.94. The van der Waals surface area contributed by atoms with Gasteiger partial charge in [-0.1, -0.05) is 64.1 Å². The first-order valence-corrected chi connectivity index (χ1v) is 25.3. The largest absolute Gasteiger partial charge is 0.497 e. The Morgan fingerprint density at radius 2 is 1.71 bits per heavy atom. The molecule has 2 saturated heterocycles. The Kier molecular flexibility index (Phi) is 14.4. The van der Waals surface area contributed by atoms with Crippen LogP contribution in [0, 0.1) is 29.1 Å². The number of hydrogen-bond acceptors (Lipinski definition) is 11. The third-order valence-electron chi connectivity index (χ3n) is 13.7. The minimum atomic E-state index is -4.03. The number of aryl methyl sites for hydroxylation is 1. The van der Waals surface area contributed by atoms with Gasteiger partial charge in [-0.2, -0.15) is 4.31 Å². The number of aliphatic hydroxyl groups is 1. The van der Waals surface area contributed by atoms with Crippen molar-refractivity contribution in [3.05, 3.63) is 99.9 Å². The number of ether oxygens (including phenoxy) is 5. The van der Waals surface area contributed by atoms with Crippen molar-refractivity contribution in [1.29, 1.82) is 0 Å². The number of nitrogens with zero attached hydrogens (tertiary/aromatic N) is 1. The summed E-state index contributed by atoms with van der Waals surface area (Å²) >= 11 is 1.58. The SMILES string of the molecule is COc1ccc(S(=O)(=O)N(CC(C)C)C[C@@H](O)[C@@H](CC(=O)O[C@H]2CCC[C@H]3O[C@@H]4OCC[C@@H]4[C@@H]23)Cc2ccc(OCc3ccccc3-c3sc4c(c3C(=O)O)CC(C)(C)CC4)cc2)cc1. The number of esters is 1. The van der Waals surface area contributed by atoms with Gasteiger partial charge in [0.2, 0.25) is 10.0 Å². The number of rotatable bonds is 18. The number of sulfonamides is 1. The minimum absolute atomic E-state index is 0.0176. The summed E-state index contributed by atoms with van der Waals surface area (Å²) in [6, 6.07) is 21.4. The van der Waals surface area contributed by atoms with Gasteiger partial charge >= 0.3 is 11.9 Å². The van der Waals surface area contributed by atoms with E-state index < -0.39 is 34.0 Å². The van der Waals surface area contributed by atoms with Crippen LogP contribution in [0.25, 0.3) is 10.4 Å². The maximum atomic E-state index is 14.1. The number of aromatic carboxylic acids is 1. The van der Waals surface area contributed by atoms with Gasteiger partial charge in [0.05, 0.1) is 42.8 Å². The Bertz CT molecular complexity index is 2410. The molecular weight excluding hydrogens is 867 g/mol. The van der Waals surface area contributed by atoms with E-state index in [0.29, 0.717) is 23.7 Å². The molecule has 350 valence electrons. The van der Waals surface area contributed by atoms with Crippen molar-refractivity contribution in [3.8, 4) is 21.9 Å². The molecule has 2 aliphatic heterocycles. The molecule has 2 aliphatic carbocycles. The van der Waals surface area contributed by atoms with Crippen molar-refractivity contribution < 1.29 is 51.9 Å². The zero-order valence-electron chi connectivity index (χ0n) is 38.1. The highest BCUT2D eigenvalue weighted by molar-refractivity contribution is 7.89. The topological polar surface area (TPSA) is 158 Å². The quantitative estimate of drug-likeness (QED) is 0.0918. The van der Waals surface area contributed by atoms with E-state index in [1.807, 2.05) is 62.4 Å². The van der Waals surface area contributed by atoms with E-state index >= 15 is 0 Å². The van der Waals surface area contributed by atoms with Crippen LogP contribution < -0.4 is 9.47 Å². The van der Waals surface area contributed by atoms with Crippen LogP contribution in [0.4, 0.5) is 0 Å². The fourth-order valence-electron chi connectivity index (χ4n) is 10.4. The van der Waals surface area contributed by atoms with Gasteiger partial charge in [0, 0.05) is 40.6 Å².